The van der Waals surface area contributed by atoms with Crippen molar-refractivity contribution in [3.8, 4) is 22.8 Å². The fourth-order valence-corrected chi connectivity index (χ4v) is 4.19. The molecule has 0 amide bonds. The van der Waals surface area contributed by atoms with Crippen molar-refractivity contribution in [3.05, 3.63) is 71.3 Å². The Morgan fingerprint density at radius 2 is 1.94 bits per heavy atom. The number of hydrogen-bond donors (Lipinski definition) is 1. The third kappa shape index (κ3) is 4.69. The van der Waals surface area contributed by atoms with E-state index in [0.29, 0.717) is 29.8 Å². The number of hydrogen-bond acceptors (Lipinski definition) is 6. The normalized spacial score (nSPS) is 14.3. The lowest BCUT2D eigenvalue weighted by Gasteiger charge is -2.14. The topological polar surface area (TPSA) is 75.8 Å². The Bertz CT molecular complexity index is 1220. The number of nitrogens with zero attached hydrogens (tertiary/aromatic N) is 5. The van der Waals surface area contributed by atoms with Crippen LogP contribution < -0.4 is 4.74 Å². The second-order valence-corrected chi connectivity index (χ2v) is 8.40. The molecule has 1 saturated heterocycles. The number of pyridine rings is 2. The van der Waals surface area contributed by atoms with Crippen LogP contribution in [0.3, 0.4) is 0 Å². The SMILES string of the molecule is Oc1ccc(Cl)c(-c2ccc3nc(Cc4ccc(OCCN5CCCC5)nc4)nn3c2)c1. The van der Waals surface area contributed by atoms with E-state index < -0.39 is 0 Å². The number of likely N-dealkylation sites (tertiary alicyclic amines) is 1. The maximum absolute atomic E-state index is 9.79. The zero-order valence-electron chi connectivity index (χ0n) is 17.6. The Morgan fingerprint density at radius 1 is 1.06 bits per heavy atom. The first-order valence-corrected chi connectivity index (χ1v) is 11.2. The van der Waals surface area contributed by atoms with E-state index >= 15 is 0 Å². The second-order valence-electron chi connectivity index (χ2n) is 7.99. The molecule has 0 bridgehead atoms. The van der Waals surface area contributed by atoms with Crippen LogP contribution in [0.25, 0.3) is 16.8 Å². The number of phenolic OH excluding ortho intramolecular Hbond substituents is 1. The summed E-state index contributed by atoms with van der Waals surface area (Å²) in [5.41, 5.74) is 3.36. The number of aromatic hydroxyl groups is 1. The summed E-state index contributed by atoms with van der Waals surface area (Å²) in [6, 6.07) is 12.6. The smallest absolute Gasteiger partial charge is 0.213 e. The summed E-state index contributed by atoms with van der Waals surface area (Å²) in [6.45, 7) is 3.95. The van der Waals surface area contributed by atoms with Crippen molar-refractivity contribution < 1.29 is 9.84 Å². The van der Waals surface area contributed by atoms with Crippen LogP contribution in [0.2, 0.25) is 5.02 Å². The van der Waals surface area contributed by atoms with E-state index in [1.807, 2.05) is 36.7 Å². The van der Waals surface area contributed by atoms with Crippen molar-refractivity contribution in [2.24, 2.45) is 0 Å². The van der Waals surface area contributed by atoms with Gasteiger partial charge in [0.05, 0.1) is 0 Å². The minimum atomic E-state index is 0.166. The molecule has 1 fully saturated rings. The summed E-state index contributed by atoms with van der Waals surface area (Å²) in [7, 11) is 0. The molecule has 0 radical (unpaired) electrons. The van der Waals surface area contributed by atoms with Crippen LogP contribution >= 0.6 is 11.6 Å². The molecule has 164 valence electrons. The standard InChI is InChI=1S/C24H24ClN5O2/c25-21-6-5-19(31)14-20(21)18-4-7-23-27-22(28-30(23)16-18)13-17-3-8-24(26-15-17)32-12-11-29-9-1-2-10-29/h3-8,14-16,31H,1-2,9-13H2. The second kappa shape index (κ2) is 9.14. The third-order valence-corrected chi connectivity index (χ3v) is 5.98. The molecule has 1 aliphatic rings. The Kier molecular flexibility index (Phi) is 5.92. The Balaban J connectivity index is 1.25. The quantitative estimate of drug-likeness (QED) is 0.455. The first-order chi connectivity index (χ1) is 15.6. The summed E-state index contributed by atoms with van der Waals surface area (Å²) in [5, 5.41) is 15.0. The summed E-state index contributed by atoms with van der Waals surface area (Å²) in [6.07, 6.45) is 6.83. The molecule has 3 aromatic heterocycles. The Morgan fingerprint density at radius 3 is 2.75 bits per heavy atom. The molecular formula is C24H24ClN5O2. The van der Waals surface area contributed by atoms with Crippen LogP contribution in [0.5, 0.6) is 11.6 Å². The fraction of sp³-hybridized carbons (Fsp3) is 0.292. The molecule has 1 aliphatic heterocycles. The fourth-order valence-electron chi connectivity index (χ4n) is 3.97. The minimum absolute atomic E-state index is 0.166. The van der Waals surface area contributed by atoms with Gasteiger partial charge >= 0.3 is 0 Å². The maximum Gasteiger partial charge on any atom is 0.213 e. The summed E-state index contributed by atoms with van der Waals surface area (Å²) < 4.78 is 7.51. The molecule has 0 spiro atoms. The van der Waals surface area contributed by atoms with E-state index in [1.165, 1.54) is 25.9 Å². The average molecular weight is 450 g/mol. The molecule has 4 aromatic rings. The van der Waals surface area contributed by atoms with Crippen molar-refractivity contribution in [1.29, 1.82) is 0 Å². The largest absolute Gasteiger partial charge is 0.508 e. The molecule has 32 heavy (non-hydrogen) atoms. The highest BCUT2D eigenvalue weighted by Gasteiger charge is 2.12. The highest BCUT2D eigenvalue weighted by molar-refractivity contribution is 6.33. The lowest BCUT2D eigenvalue weighted by Crippen LogP contribution is -2.25. The predicted molar refractivity (Wildman–Crippen MR) is 123 cm³/mol. The molecule has 0 atom stereocenters. The number of halogens is 1. The van der Waals surface area contributed by atoms with Gasteiger partial charge in [-0.1, -0.05) is 17.7 Å². The minimum Gasteiger partial charge on any atom is -0.508 e. The number of phenols is 1. The summed E-state index contributed by atoms with van der Waals surface area (Å²) >= 11 is 6.30. The van der Waals surface area contributed by atoms with E-state index in [9.17, 15) is 5.11 Å². The van der Waals surface area contributed by atoms with Gasteiger partial charge in [0.25, 0.3) is 0 Å². The number of benzene rings is 1. The van der Waals surface area contributed by atoms with Crippen molar-refractivity contribution in [2.75, 3.05) is 26.2 Å². The zero-order chi connectivity index (χ0) is 21.9. The van der Waals surface area contributed by atoms with Gasteiger partial charge < -0.3 is 9.84 Å². The molecule has 8 heteroatoms. The van der Waals surface area contributed by atoms with E-state index in [4.69, 9.17) is 16.3 Å². The molecule has 0 saturated carbocycles. The van der Waals surface area contributed by atoms with E-state index in [2.05, 4.69) is 20.0 Å². The van der Waals surface area contributed by atoms with Crippen LogP contribution in [0.15, 0.2) is 54.9 Å². The molecular weight excluding hydrogens is 426 g/mol. The van der Waals surface area contributed by atoms with Crippen molar-refractivity contribution in [1.82, 2.24) is 24.5 Å². The van der Waals surface area contributed by atoms with Crippen molar-refractivity contribution in [3.63, 3.8) is 0 Å². The Labute approximate surface area is 191 Å². The number of aromatic nitrogens is 4. The van der Waals surface area contributed by atoms with Gasteiger partial charge in [0, 0.05) is 47.6 Å². The van der Waals surface area contributed by atoms with Gasteiger partial charge in [-0.3, -0.25) is 4.90 Å². The summed E-state index contributed by atoms with van der Waals surface area (Å²) in [4.78, 5) is 11.4. The average Bonchev–Trinajstić information content (AvgIpc) is 3.45. The van der Waals surface area contributed by atoms with Gasteiger partial charge in [-0.15, -0.1) is 0 Å². The highest BCUT2D eigenvalue weighted by Crippen LogP contribution is 2.31. The van der Waals surface area contributed by atoms with Crippen LogP contribution in [0, 0.1) is 0 Å². The van der Waals surface area contributed by atoms with Crippen LogP contribution in [-0.4, -0.2) is 55.8 Å². The molecule has 7 nitrogen and oxygen atoms in total. The zero-order valence-corrected chi connectivity index (χ0v) is 18.4. The predicted octanol–water partition coefficient (Wildman–Crippen LogP) is 4.22. The van der Waals surface area contributed by atoms with Gasteiger partial charge in [-0.25, -0.2) is 14.5 Å². The molecule has 1 N–H and O–H groups in total. The van der Waals surface area contributed by atoms with Crippen LogP contribution in [0.1, 0.15) is 24.2 Å². The van der Waals surface area contributed by atoms with Gasteiger partial charge in [0.15, 0.2) is 11.5 Å². The van der Waals surface area contributed by atoms with Gasteiger partial charge in [-0.05, 0) is 61.8 Å². The van der Waals surface area contributed by atoms with Crippen LogP contribution in [-0.2, 0) is 6.42 Å². The molecule has 4 heterocycles. The lowest BCUT2D eigenvalue weighted by molar-refractivity contribution is 0.232. The van der Waals surface area contributed by atoms with E-state index in [0.717, 1.165) is 28.9 Å². The Hall–Kier alpha value is -3.16. The highest BCUT2D eigenvalue weighted by atomic mass is 35.5. The van der Waals surface area contributed by atoms with Gasteiger partial charge in [-0.2, -0.15) is 5.10 Å². The van der Waals surface area contributed by atoms with E-state index in [1.54, 1.807) is 22.7 Å². The van der Waals surface area contributed by atoms with Crippen LogP contribution in [0.4, 0.5) is 0 Å². The molecule has 0 unspecified atom stereocenters. The third-order valence-electron chi connectivity index (χ3n) is 5.65. The van der Waals surface area contributed by atoms with Gasteiger partial charge in [0.1, 0.15) is 12.4 Å². The monoisotopic (exact) mass is 449 g/mol. The van der Waals surface area contributed by atoms with E-state index in [-0.39, 0.29) is 5.75 Å². The number of fused-ring (bicyclic) bond motifs is 1. The number of rotatable bonds is 7. The first kappa shape index (κ1) is 20.7. The van der Waals surface area contributed by atoms with Crippen molar-refractivity contribution in [2.45, 2.75) is 19.3 Å². The molecule has 0 aliphatic carbocycles. The van der Waals surface area contributed by atoms with Gasteiger partial charge in [0.2, 0.25) is 5.88 Å². The first-order valence-electron chi connectivity index (χ1n) is 10.8. The molecule has 1 aromatic carbocycles. The lowest BCUT2D eigenvalue weighted by atomic mass is 10.1. The number of ether oxygens (including phenoxy) is 1. The van der Waals surface area contributed by atoms with Crippen molar-refractivity contribution >= 4 is 17.2 Å². The summed E-state index contributed by atoms with van der Waals surface area (Å²) in [5.74, 6) is 1.51. The molecule has 5 rings (SSSR count). The maximum atomic E-state index is 9.79.